The molecule has 0 aliphatic heterocycles. The lowest BCUT2D eigenvalue weighted by atomic mass is 10.1. The highest BCUT2D eigenvalue weighted by Crippen LogP contribution is 2.20. The zero-order valence-electron chi connectivity index (χ0n) is 12.0. The van der Waals surface area contributed by atoms with Crippen LogP contribution >= 0.6 is 11.8 Å². The van der Waals surface area contributed by atoms with Gasteiger partial charge in [-0.25, -0.2) is 0 Å². The van der Waals surface area contributed by atoms with Crippen molar-refractivity contribution >= 4 is 17.7 Å². The summed E-state index contributed by atoms with van der Waals surface area (Å²) < 4.78 is 0. The number of hydrogen-bond acceptors (Lipinski definition) is 4. The third-order valence-electron chi connectivity index (χ3n) is 2.82. The van der Waals surface area contributed by atoms with E-state index >= 15 is 0 Å². The highest BCUT2D eigenvalue weighted by molar-refractivity contribution is 8.00. The van der Waals surface area contributed by atoms with Crippen LogP contribution in [-0.4, -0.2) is 24.7 Å². The highest BCUT2D eigenvalue weighted by atomic mass is 32.2. The Bertz CT molecular complexity index is 453. The Morgan fingerprint density at radius 1 is 1.40 bits per heavy atom. The molecule has 2 N–H and O–H groups in total. The molecule has 0 heterocycles. The number of nitrogens with zero attached hydrogens (tertiary/aromatic N) is 1. The van der Waals surface area contributed by atoms with E-state index in [2.05, 4.69) is 36.6 Å². The molecule has 0 aliphatic carbocycles. The Labute approximate surface area is 124 Å². The summed E-state index contributed by atoms with van der Waals surface area (Å²) in [5.74, 6) is 0.350. The van der Waals surface area contributed by atoms with Crippen molar-refractivity contribution in [2.75, 3.05) is 18.8 Å². The van der Waals surface area contributed by atoms with Crippen molar-refractivity contribution in [1.29, 1.82) is 5.26 Å². The predicted octanol–water partition coefficient (Wildman–Crippen LogP) is 2.48. The molecule has 0 aliphatic rings. The predicted molar refractivity (Wildman–Crippen MR) is 82.5 cm³/mol. The molecular formula is C15H21N3OS. The molecule has 0 saturated heterocycles. The Morgan fingerprint density at radius 3 is 2.70 bits per heavy atom. The fourth-order valence-corrected chi connectivity index (χ4v) is 2.46. The maximum Gasteiger partial charge on any atom is 0.230 e. The Hall–Kier alpha value is -1.51. The number of carbonyl (C=O) groups excluding carboxylic acids is 1. The van der Waals surface area contributed by atoms with E-state index in [9.17, 15) is 4.79 Å². The minimum Gasteiger partial charge on any atom is -0.354 e. The summed E-state index contributed by atoms with van der Waals surface area (Å²) in [5, 5.41) is 14.5. The molecule has 1 amide bonds. The fraction of sp³-hybridized carbons (Fsp3) is 0.467. The largest absolute Gasteiger partial charge is 0.354 e. The molecule has 20 heavy (non-hydrogen) atoms. The molecule has 1 aromatic carbocycles. The molecule has 0 aromatic heterocycles. The summed E-state index contributed by atoms with van der Waals surface area (Å²) >= 11 is 1.50. The third kappa shape index (κ3) is 6.09. The van der Waals surface area contributed by atoms with E-state index in [1.807, 2.05) is 18.2 Å². The first-order valence-corrected chi connectivity index (χ1v) is 7.75. The molecule has 0 radical (unpaired) electrons. The van der Waals surface area contributed by atoms with Crippen LogP contribution in [-0.2, 0) is 4.79 Å². The van der Waals surface area contributed by atoms with E-state index < -0.39 is 0 Å². The minimum absolute atomic E-state index is 0.0321. The summed E-state index contributed by atoms with van der Waals surface area (Å²) in [6, 6.07) is 10.6. The number of benzene rings is 1. The van der Waals surface area contributed by atoms with Crippen LogP contribution in [0.25, 0.3) is 0 Å². The molecule has 1 atom stereocenters. The third-order valence-corrected chi connectivity index (χ3v) is 3.83. The van der Waals surface area contributed by atoms with Crippen LogP contribution < -0.4 is 10.6 Å². The van der Waals surface area contributed by atoms with Crippen molar-refractivity contribution < 1.29 is 4.79 Å². The van der Waals surface area contributed by atoms with Gasteiger partial charge in [-0.3, -0.25) is 4.79 Å². The molecule has 0 fully saturated rings. The Morgan fingerprint density at radius 2 is 2.10 bits per heavy atom. The van der Waals surface area contributed by atoms with E-state index in [4.69, 9.17) is 5.26 Å². The first-order valence-electron chi connectivity index (χ1n) is 6.77. The second kappa shape index (κ2) is 9.40. The SMILES string of the molecule is CCNC(C)c1ccc(SCC(=O)NCCC#N)cc1. The molecule has 1 unspecified atom stereocenters. The van der Waals surface area contributed by atoms with Gasteiger partial charge >= 0.3 is 0 Å². The molecule has 0 spiro atoms. The summed E-state index contributed by atoms with van der Waals surface area (Å²) in [5.41, 5.74) is 1.25. The van der Waals surface area contributed by atoms with Crippen LogP contribution in [0.1, 0.15) is 31.9 Å². The van der Waals surface area contributed by atoms with Gasteiger partial charge in [0.2, 0.25) is 5.91 Å². The summed E-state index contributed by atoms with van der Waals surface area (Å²) in [7, 11) is 0. The van der Waals surface area contributed by atoms with Gasteiger partial charge in [-0.05, 0) is 31.2 Å². The normalized spacial score (nSPS) is 11.7. The van der Waals surface area contributed by atoms with Gasteiger partial charge in [0.25, 0.3) is 0 Å². The van der Waals surface area contributed by atoms with Gasteiger partial charge in [-0.15, -0.1) is 11.8 Å². The smallest absolute Gasteiger partial charge is 0.230 e. The van der Waals surface area contributed by atoms with Crippen LogP contribution in [0.15, 0.2) is 29.2 Å². The maximum atomic E-state index is 11.5. The maximum absolute atomic E-state index is 11.5. The minimum atomic E-state index is -0.0321. The van der Waals surface area contributed by atoms with Crippen molar-refractivity contribution in [2.45, 2.75) is 31.2 Å². The standard InChI is InChI=1S/C15H21N3OS/c1-3-17-12(2)13-5-7-14(8-6-13)20-11-15(19)18-10-4-9-16/h5-8,12,17H,3-4,10-11H2,1-2H3,(H,18,19). The van der Waals surface area contributed by atoms with E-state index in [0.717, 1.165) is 11.4 Å². The van der Waals surface area contributed by atoms with Crippen molar-refractivity contribution in [2.24, 2.45) is 0 Å². The molecule has 5 heteroatoms. The van der Waals surface area contributed by atoms with Gasteiger partial charge in [-0.2, -0.15) is 5.26 Å². The number of rotatable bonds is 8. The summed E-state index contributed by atoms with van der Waals surface area (Å²) in [6.07, 6.45) is 0.355. The number of nitrogens with one attached hydrogen (secondary N) is 2. The van der Waals surface area contributed by atoms with Crippen molar-refractivity contribution in [1.82, 2.24) is 10.6 Å². The van der Waals surface area contributed by atoms with Gasteiger partial charge in [0, 0.05) is 17.5 Å². The van der Waals surface area contributed by atoms with E-state index in [-0.39, 0.29) is 5.91 Å². The van der Waals surface area contributed by atoms with Crippen molar-refractivity contribution in [3.05, 3.63) is 29.8 Å². The van der Waals surface area contributed by atoms with Crippen LogP contribution in [0.5, 0.6) is 0 Å². The number of thioether (sulfide) groups is 1. The molecule has 1 aromatic rings. The average molecular weight is 291 g/mol. The van der Waals surface area contributed by atoms with Gasteiger partial charge in [0.15, 0.2) is 0 Å². The second-order valence-corrected chi connectivity index (χ2v) is 5.44. The van der Waals surface area contributed by atoms with Crippen LogP contribution in [0.2, 0.25) is 0 Å². The van der Waals surface area contributed by atoms with Crippen LogP contribution in [0.4, 0.5) is 0 Å². The number of carbonyl (C=O) groups is 1. The van der Waals surface area contributed by atoms with Crippen LogP contribution in [0.3, 0.4) is 0 Å². The molecule has 108 valence electrons. The second-order valence-electron chi connectivity index (χ2n) is 4.40. The number of hydrogen-bond donors (Lipinski definition) is 2. The number of amides is 1. The quantitative estimate of drug-likeness (QED) is 0.570. The Balaban J connectivity index is 2.38. The van der Waals surface area contributed by atoms with Gasteiger partial charge in [0.1, 0.15) is 0 Å². The molecular weight excluding hydrogens is 270 g/mol. The van der Waals surface area contributed by atoms with Crippen molar-refractivity contribution in [3.8, 4) is 6.07 Å². The van der Waals surface area contributed by atoms with Gasteiger partial charge in [-0.1, -0.05) is 19.1 Å². The topological polar surface area (TPSA) is 64.9 Å². The lowest BCUT2D eigenvalue weighted by molar-refractivity contribution is -0.118. The zero-order valence-corrected chi connectivity index (χ0v) is 12.8. The van der Waals surface area contributed by atoms with Gasteiger partial charge < -0.3 is 10.6 Å². The first kappa shape index (κ1) is 16.5. The molecule has 4 nitrogen and oxygen atoms in total. The lowest BCUT2D eigenvalue weighted by Gasteiger charge is -2.13. The zero-order chi connectivity index (χ0) is 14.8. The molecule has 0 bridgehead atoms. The highest BCUT2D eigenvalue weighted by Gasteiger charge is 2.05. The van der Waals surface area contributed by atoms with Crippen LogP contribution in [0, 0.1) is 11.3 Å². The van der Waals surface area contributed by atoms with E-state index in [1.165, 1.54) is 17.3 Å². The summed E-state index contributed by atoms with van der Waals surface area (Å²) in [4.78, 5) is 12.6. The molecule has 0 saturated carbocycles. The monoisotopic (exact) mass is 291 g/mol. The van der Waals surface area contributed by atoms with Crippen molar-refractivity contribution in [3.63, 3.8) is 0 Å². The molecule has 1 rings (SSSR count). The first-order chi connectivity index (χ1) is 9.67. The Kier molecular flexibility index (Phi) is 7.78. The van der Waals surface area contributed by atoms with Gasteiger partial charge in [0.05, 0.1) is 18.2 Å². The van der Waals surface area contributed by atoms with E-state index in [1.54, 1.807) is 0 Å². The lowest BCUT2D eigenvalue weighted by Crippen LogP contribution is -2.25. The average Bonchev–Trinajstić information content (AvgIpc) is 2.46. The van der Waals surface area contributed by atoms with E-state index in [0.29, 0.717) is 24.8 Å². The number of nitriles is 1. The fourth-order valence-electron chi connectivity index (χ4n) is 1.73. The summed E-state index contributed by atoms with van der Waals surface area (Å²) in [6.45, 7) is 5.59.